The molecule has 1 aromatic carbocycles. The molecule has 76 valence electrons. The van der Waals surface area contributed by atoms with E-state index in [1.54, 1.807) is 24.3 Å². The van der Waals surface area contributed by atoms with Gasteiger partial charge in [-0.05, 0) is 30.3 Å². The molecule has 0 saturated heterocycles. The molecule has 0 bridgehead atoms. The third kappa shape index (κ3) is 2.07. The van der Waals surface area contributed by atoms with Gasteiger partial charge < -0.3 is 5.11 Å². The van der Waals surface area contributed by atoms with Crippen LogP contribution in [0.15, 0.2) is 36.4 Å². The number of hydrogen-bond acceptors (Lipinski definition) is 2. The Hall–Kier alpha value is -1.61. The molecule has 0 amide bonds. The van der Waals surface area contributed by atoms with Crippen LogP contribution in [0.3, 0.4) is 0 Å². The summed E-state index contributed by atoms with van der Waals surface area (Å²) in [6, 6.07) is 9.13. The smallest absolute Gasteiger partial charge is 0.213 e. The van der Waals surface area contributed by atoms with Crippen molar-refractivity contribution in [3.63, 3.8) is 0 Å². The monoisotopic (exact) mass is 223 g/mol. The van der Waals surface area contributed by atoms with Crippen molar-refractivity contribution in [2.24, 2.45) is 0 Å². The molecule has 0 saturated carbocycles. The second-order valence-corrected chi connectivity index (χ2v) is 3.42. The van der Waals surface area contributed by atoms with Crippen molar-refractivity contribution < 1.29 is 9.50 Å². The van der Waals surface area contributed by atoms with Crippen LogP contribution in [0.4, 0.5) is 4.39 Å². The lowest BCUT2D eigenvalue weighted by Crippen LogP contribution is -1.86. The van der Waals surface area contributed by atoms with Gasteiger partial charge in [0.25, 0.3) is 0 Å². The zero-order valence-electron chi connectivity index (χ0n) is 7.61. The summed E-state index contributed by atoms with van der Waals surface area (Å²) >= 11 is 5.73. The number of aromatic hydroxyl groups is 1. The molecule has 0 spiro atoms. The van der Waals surface area contributed by atoms with E-state index in [1.165, 1.54) is 12.1 Å². The Kier molecular flexibility index (Phi) is 2.56. The standard InChI is InChI=1S/C11H7ClFNO/c12-8-6-7(4-5-10(8)15)9-2-1-3-11(13)14-9/h1-6,15H. The first-order valence-corrected chi connectivity index (χ1v) is 4.66. The summed E-state index contributed by atoms with van der Waals surface area (Å²) in [6.45, 7) is 0. The highest BCUT2D eigenvalue weighted by atomic mass is 35.5. The van der Waals surface area contributed by atoms with E-state index in [2.05, 4.69) is 4.98 Å². The fraction of sp³-hybridized carbons (Fsp3) is 0. The molecule has 15 heavy (non-hydrogen) atoms. The van der Waals surface area contributed by atoms with E-state index in [0.717, 1.165) is 0 Å². The summed E-state index contributed by atoms with van der Waals surface area (Å²) in [6.07, 6.45) is 0. The Bertz CT molecular complexity index is 502. The highest BCUT2D eigenvalue weighted by Crippen LogP contribution is 2.28. The number of pyridine rings is 1. The molecule has 0 atom stereocenters. The Morgan fingerprint density at radius 3 is 2.67 bits per heavy atom. The van der Waals surface area contributed by atoms with E-state index in [4.69, 9.17) is 11.6 Å². The van der Waals surface area contributed by atoms with Crippen LogP contribution in [0, 0.1) is 5.95 Å². The number of aromatic nitrogens is 1. The Morgan fingerprint density at radius 2 is 2.00 bits per heavy atom. The van der Waals surface area contributed by atoms with E-state index in [1.807, 2.05) is 0 Å². The minimum absolute atomic E-state index is 0.00294. The summed E-state index contributed by atoms with van der Waals surface area (Å²) in [5.74, 6) is -0.548. The average molecular weight is 224 g/mol. The van der Waals surface area contributed by atoms with Gasteiger partial charge in [0.15, 0.2) is 0 Å². The fourth-order valence-corrected chi connectivity index (χ4v) is 1.42. The first-order valence-electron chi connectivity index (χ1n) is 4.28. The average Bonchev–Trinajstić information content (AvgIpc) is 2.22. The second kappa shape index (κ2) is 3.87. The second-order valence-electron chi connectivity index (χ2n) is 3.01. The molecular weight excluding hydrogens is 217 g/mol. The molecule has 0 unspecified atom stereocenters. The van der Waals surface area contributed by atoms with Gasteiger partial charge in [0.1, 0.15) is 5.75 Å². The molecule has 0 aliphatic heterocycles. The van der Waals surface area contributed by atoms with E-state index in [9.17, 15) is 9.50 Å². The number of hydrogen-bond donors (Lipinski definition) is 1. The summed E-state index contributed by atoms with van der Waals surface area (Å²) in [5, 5.41) is 9.44. The minimum atomic E-state index is -0.545. The highest BCUT2D eigenvalue weighted by molar-refractivity contribution is 6.32. The van der Waals surface area contributed by atoms with E-state index in [-0.39, 0.29) is 10.8 Å². The Labute approximate surface area is 91.0 Å². The van der Waals surface area contributed by atoms with Gasteiger partial charge in [-0.15, -0.1) is 0 Å². The molecule has 2 nitrogen and oxygen atoms in total. The maximum atomic E-state index is 12.8. The van der Waals surface area contributed by atoms with Gasteiger partial charge in [-0.3, -0.25) is 0 Å². The first kappa shape index (κ1) is 9.93. The van der Waals surface area contributed by atoms with Gasteiger partial charge >= 0.3 is 0 Å². The zero-order chi connectivity index (χ0) is 10.8. The lowest BCUT2D eigenvalue weighted by Gasteiger charge is -2.02. The van der Waals surface area contributed by atoms with E-state index in [0.29, 0.717) is 11.3 Å². The lowest BCUT2D eigenvalue weighted by atomic mass is 10.1. The molecule has 2 aromatic rings. The quantitative estimate of drug-likeness (QED) is 0.753. The normalized spacial score (nSPS) is 10.3. The first-order chi connectivity index (χ1) is 7.16. The maximum Gasteiger partial charge on any atom is 0.213 e. The van der Waals surface area contributed by atoms with Crippen LogP contribution in [0.5, 0.6) is 5.75 Å². The van der Waals surface area contributed by atoms with Crippen molar-refractivity contribution >= 4 is 11.6 Å². The van der Waals surface area contributed by atoms with Gasteiger partial charge in [-0.25, -0.2) is 4.98 Å². The van der Waals surface area contributed by atoms with Crippen molar-refractivity contribution in [1.82, 2.24) is 4.98 Å². The number of phenols is 1. The molecule has 0 aliphatic carbocycles. The zero-order valence-corrected chi connectivity index (χ0v) is 8.37. The molecule has 1 N–H and O–H groups in total. The van der Waals surface area contributed by atoms with Gasteiger partial charge in [0.2, 0.25) is 5.95 Å². The number of benzene rings is 1. The predicted molar refractivity (Wildman–Crippen MR) is 56.3 cm³/mol. The van der Waals surface area contributed by atoms with Crippen molar-refractivity contribution in [2.75, 3.05) is 0 Å². The van der Waals surface area contributed by atoms with E-state index >= 15 is 0 Å². The number of halogens is 2. The van der Waals surface area contributed by atoms with Crippen LogP contribution < -0.4 is 0 Å². The largest absolute Gasteiger partial charge is 0.506 e. The third-order valence-electron chi connectivity index (χ3n) is 1.96. The fourth-order valence-electron chi connectivity index (χ4n) is 1.24. The van der Waals surface area contributed by atoms with Gasteiger partial charge in [0.05, 0.1) is 10.7 Å². The molecule has 2 rings (SSSR count). The summed E-state index contributed by atoms with van der Waals surface area (Å²) < 4.78 is 12.8. The molecule has 0 fully saturated rings. The number of phenolic OH excluding ortho intramolecular Hbond substituents is 1. The Morgan fingerprint density at radius 1 is 1.20 bits per heavy atom. The maximum absolute atomic E-state index is 12.8. The van der Waals surface area contributed by atoms with Crippen LogP contribution in [-0.4, -0.2) is 10.1 Å². The van der Waals surface area contributed by atoms with Crippen LogP contribution in [0.2, 0.25) is 5.02 Å². The summed E-state index contributed by atoms with van der Waals surface area (Å²) in [5.41, 5.74) is 1.15. The molecule has 0 radical (unpaired) electrons. The van der Waals surface area contributed by atoms with Gasteiger partial charge in [0, 0.05) is 5.56 Å². The summed E-state index contributed by atoms with van der Waals surface area (Å²) in [4.78, 5) is 3.71. The van der Waals surface area contributed by atoms with Gasteiger partial charge in [-0.1, -0.05) is 17.7 Å². The van der Waals surface area contributed by atoms with Crippen LogP contribution >= 0.6 is 11.6 Å². The van der Waals surface area contributed by atoms with Gasteiger partial charge in [-0.2, -0.15) is 4.39 Å². The number of rotatable bonds is 1. The topological polar surface area (TPSA) is 33.1 Å². The molecule has 1 heterocycles. The molecule has 0 aliphatic rings. The van der Waals surface area contributed by atoms with Crippen molar-refractivity contribution in [2.45, 2.75) is 0 Å². The highest BCUT2D eigenvalue weighted by Gasteiger charge is 2.04. The molecule has 1 aromatic heterocycles. The molecular formula is C11H7ClFNO. The van der Waals surface area contributed by atoms with Crippen molar-refractivity contribution in [3.05, 3.63) is 47.4 Å². The number of nitrogens with zero attached hydrogens (tertiary/aromatic N) is 1. The Balaban J connectivity index is 2.50. The molecule has 4 heteroatoms. The van der Waals surface area contributed by atoms with Crippen molar-refractivity contribution in [1.29, 1.82) is 0 Å². The summed E-state index contributed by atoms with van der Waals surface area (Å²) in [7, 11) is 0. The van der Waals surface area contributed by atoms with E-state index < -0.39 is 5.95 Å². The van der Waals surface area contributed by atoms with Crippen LogP contribution in [-0.2, 0) is 0 Å². The SMILES string of the molecule is Oc1ccc(-c2cccc(F)n2)cc1Cl. The third-order valence-corrected chi connectivity index (χ3v) is 2.26. The minimum Gasteiger partial charge on any atom is -0.506 e. The van der Waals surface area contributed by atoms with Crippen LogP contribution in [0.1, 0.15) is 0 Å². The lowest BCUT2D eigenvalue weighted by molar-refractivity contribution is 0.475. The predicted octanol–water partition coefficient (Wildman–Crippen LogP) is 3.25. The van der Waals surface area contributed by atoms with Crippen molar-refractivity contribution in [3.8, 4) is 17.0 Å². The van der Waals surface area contributed by atoms with Crippen LogP contribution in [0.25, 0.3) is 11.3 Å².